The van der Waals surface area contributed by atoms with Gasteiger partial charge < -0.3 is 9.73 Å². The Hall–Kier alpha value is -1.72. The largest absolute Gasteiger partial charge is 0.440 e. The Kier molecular flexibility index (Phi) is 3.57. The Morgan fingerprint density at radius 3 is 2.89 bits per heavy atom. The molecular formula is C14H18N4O. The number of pyridine rings is 1. The van der Waals surface area contributed by atoms with Gasteiger partial charge in [0.2, 0.25) is 5.89 Å². The fourth-order valence-corrected chi connectivity index (χ4v) is 2.25. The number of oxazole rings is 1. The molecule has 0 aromatic carbocycles. The SMILES string of the molecule is Cc1oc(-c2ccccn2)nc1CN1CCNCC1. The van der Waals surface area contributed by atoms with Crippen LogP contribution in [0.15, 0.2) is 28.8 Å². The number of rotatable bonds is 3. The minimum Gasteiger partial charge on any atom is -0.440 e. The predicted octanol–water partition coefficient (Wildman–Crippen LogP) is 1.45. The van der Waals surface area contributed by atoms with Gasteiger partial charge in [-0.15, -0.1) is 0 Å². The number of hydrogen-bond acceptors (Lipinski definition) is 5. The fourth-order valence-electron chi connectivity index (χ4n) is 2.25. The number of aromatic nitrogens is 2. The average Bonchev–Trinajstić information content (AvgIpc) is 2.82. The molecule has 0 saturated carbocycles. The Balaban J connectivity index is 1.77. The standard InChI is InChI=1S/C14H18N4O/c1-11-13(10-18-8-6-15-7-9-18)17-14(19-11)12-4-2-3-5-16-12/h2-5,15H,6-10H2,1H3. The number of aryl methyl sites for hydroxylation is 1. The summed E-state index contributed by atoms with van der Waals surface area (Å²) in [5.74, 6) is 1.50. The predicted molar refractivity (Wildman–Crippen MR) is 72.6 cm³/mol. The van der Waals surface area contributed by atoms with Crippen molar-refractivity contribution in [2.75, 3.05) is 26.2 Å². The van der Waals surface area contributed by atoms with Crippen LogP contribution in [0.25, 0.3) is 11.6 Å². The Bertz CT molecular complexity index is 532. The first-order valence-electron chi connectivity index (χ1n) is 6.64. The van der Waals surface area contributed by atoms with Crippen molar-refractivity contribution in [1.82, 2.24) is 20.2 Å². The molecule has 5 heteroatoms. The molecule has 0 radical (unpaired) electrons. The van der Waals surface area contributed by atoms with E-state index in [2.05, 4.69) is 20.2 Å². The van der Waals surface area contributed by atoms with Gasteiger partial charge in [-0.05, 0) is 19.1 Å². The molecule has 2 aromatic rings. The van der Waals surface area contributed by atoms with E-state index in [0.717, 1.165) is 49.9 Å². The lowest BCUT2D eigenvalue weighted by molar-refractivity contribution is 0.230. The third-order valence-electron chi connectivity index (χ3n) is 3.36. The maximum atomic E-state index is 5.73. The molecular weight excluding hydrogens is 240 g/mol. The normalized spacial score (nSPS) is 16.7. The van der Waals surface area contributed by atoms with Gasteiger partial charge >= 0.3 is 0 Å². The number of hydrogen-bond donors (Lipinski definition) is 1. The van der Waals surface area contributed by atoms with Crippen molar-refractivity contribution in [3.63, 3.8) is 0 Å². The highest BCUT2D eigenvalue weighted by atomic mass is 16.4. The van der Waals surface area contributed by atoms with Crippen LogP contribution < -0.4 is 5.32 Å². The van der Waals surface area contributed by atoms with Crippen molar-refractivity contribution in [3.05, 3.63) is 35.9 Å². The first-order valence-corrected chi connectivity index (χ1v) is 6.64. The van der Waals surface area contributed by atoms with E-state index < -0.39 is 0 Å². The van der Waals surface area contributed by atoms with E-state index in [4.69, 9.17) is 4.42 Å². The number of nitrogens with zero attached hydrogens (tertiary/aromatic N) is 3. The average molecular weight is 258 g/mol. The maximum absolute atomic E-state index is 5.73. The van der Waals surface area contributed by atoms with Gasteiger partial charge in [-0.2, -0.15) is 0 Å². The molecule has 19 heavy (non-hydrogen) atoms. The molecule has 1 saturated heterocycles. The summed E-state index contributed by atoms with van der Waals surface area (Å²) in [5, 5.41) is 3.35. The lowest BCUT2D eigenvalue weighted by Gasteiger charge is -2.26. The number of nitrogens with one attached hydrogen (secondary N) is 1. The molecule has 0 unspecified atom stereocenters. The second-order valence-electron chi connectivity index (χ2n) is 4.76. The van der Waals surface area contributed by atoms with E-state index in [1.54, 1.807) is 6.20 Å². The van der Waals surface area contributed by atoms with E-state index in [0.29, 0.717) is 5.89 Å². The molecule has 3 heterocycles. The molecule has 1 aliphatic heterocycles. The highest BCUT2D eigenvalue weighted by Crippen LogP contribution is 2.20. The Morgan fingerprint density at radius 1 is 1.32 bits per heavy atom. The summed E-state index contributed by atoms with van der Waals surface area (Å²) in [5.41, 5.74) is 1.81. The summed E-state index contributed by atoms with van der Waals surface area (Å²) in [6, 6.07) is 5.75. The quantitative estimate of drug-likeness (QED) is 0.903. The van der Waals surface area contributed by atoms with E-state index in [1.165, 1.54) is 0 Å². The lowest BCUT2D eigenvalue weighted by atomic mass is 10.3. The van der Waals surface area contributed by atoms with Gasteiger partial charge in [0.15, 0.2) is 0 Å². The van der Waals surface area contributed by atoms with Crippen LogP contribution >= 0.6 is 0 Å². The first-order chi connectivity index (χ1) is 9.33. The topological polar surface area (TPSA) is 54.2 Å². The second-order valence-corrected chi connectivity index (χ2v) is 4.76. The minimum absolute atomic E-state index is 0.614. The smallest absolute Gasteiger partial charge is 0.245 e. The first kappa shape index (κ1) is 12.3. The molecule has 0 spiro atoms. The van der Waals surface area contributed by atoms with E-state index in [9.17, 15) is 0 Å². The molecule has 3 rings (SSSR count). The van der Waals surface area contributed by atoms with E-state index >= 15 is 0 Å². The van der Waals surface area contributed by atoms with Gasteiger partial charge in [0.1, 0.15) is 11.5 Å². The summed E-state index contributed by atoms with van der Waals surface area (Å²) in [6.07, 6.45) is 1.75. The molecule has 5 nitrogen and oxygen atoms in total. The minimum atomic E-state index is 0.614. The van der Waals surface area contributed by atoms with Gasteiger partial charge in [0, 0.05) is 38.9 Å². The summed E-state index contributed by atoms with van der Waals surface area (Å²) in [7, 11) is 0. The van der Waals surface area contributed by atoms with Crippen LogP contribution in [-0.2, 0) is 6.54 Å². The molecule has 0 bridgehead atoms. The fraction of sp³-hybridized carbons (Fsp3) is 0.429. The van der Waals surface area contributed by atoms with Crippen molar-refractivity contribution >= 4 is 0 Å². The van der Waals surface area contributed by atoms with Gasteiger partial charge in [-0.1, -0.05) is 6.07 Å². The van der Waals surface area contributed by atoms with Crippen LogP contribution in [0.4, 0.5) is 0 Å². The van der Waals surface area contributed by atoms with Crippen LogP contribution in [0.2, 0.25) is 0 Å². The molecule has 1 N–H and O–H groups in total. The highest BCUT2D eigenvalue weighted by molar-refractivity contribution is 5.46. The summed E-state index contributed by atoms with van der Waals surface area (Å²) in [4.78, 5) is 11.2. The summed E-state index contributed by atoms with van der Waals surface area (Å²) >= 11 is 0. The molecule has 1 aliphatic rings. The van der Waals surface area contributed by atoms with Gasteiger partial charge in [0.25, 0.3) is 0 Å². The van der Waals surface area contributed by atoms with Crippen molar-refractivity contribution < 1.29 is 4.42 Å². The molecule has 0 amide bonds. The zero-order chi connectivity index (χ0) is 13.1. The molecule has 1 fully saturated rings. The summed E-state index contributed by atoms with van der Waals surface area (Å²) < 4.78 is 5.73. The van der Waals surface area contributed by atoms with E-state index in [-0.39, 0.29) is 0 Å². The monoisotopic (exact) mass is 258 g/mol. The third-order valence-corrected chi connectivity index (χ3v) is 3.36. The van der Waals surface area contributed by atoms with Crippen molar-refractivity contribution in [1.29, 1.82) is 0 Å². The zero-order valence-electron chi connectivity index (χ0n) is 11.1. The Labute approximate surface area is 112 Å². The zero-order valence-corrected chi connectivity index (χ0v) is 11.1. The van der Waals surface area contributed by atoms with Crippen molar-refractivity contribution in [2.45, 2.75) is 13.5 Å². The molecule has 100 valence electrons. The van der Waals surface area contributed by atoms with Gasteiger partial charge in [-0.3, -0.25) is 9.88 Å². The third kappa shape index (κ3) is 2.83. The van der Waals surface area contributed by atoms with Crippen LogP contribution in [0.1, 0.15) is 11.5 Å². The van der Waals surface area contributed by atoms with Crippen LogP contribution in [0.3, 0.4) is 0 Å². The van der Waals surface area contributed by atoms with Crippen LogP contribution in [-0.4, -0.2) is 41.0 Å². The lowest BCUT2D eigenvalue weighted by Crippen LogP contribution is -2.43. The van der Waals surface area contributed by atoms with Crippen molar-refractivity contribution in [3.8, 4) is 11.6 Å². The molecule has 0 aliphatic carbocycles. The Morgan fingerprint density at radius 2 is 2.16 bits per heavy atom. The molecule has 0 atom stereocenters. The summed E-state index contributed by atoms with van der Waals surface area (Å²) in [6.45, 7) is 7.03. The molecule has 2 aromatic heterocycles. The maximum Gasteiger partial charge on any atom is 0.245 e. The van der Waals surface area contributed by atoms with E-state index in [1.807, 2.05) is 25.1 Å². The van der Waals surface area contributed by atoms with Gasteiger partial charge in [-0.25, -0.2) is 4.98 Å². The van der Waals surface area contributed by atoms with Gasteiger partial charge in [0.05, 0.1) is 5.69 Å². The van der Waals surface area contributed by atoms with Crippen molar-refractivity contribution in [2.24, 2.45) is 0 Å². The highest BCUT2D eigenvalue weighted by Gasteiger charge is 2.16. The van der Waals surface area contributed by atoms with Crippen LogP contribution in [0.5, 0.6) is 0 Å². The number of piperazine rings is 1. The second kappa shape index (κ2) is 5.50. The van der Waals surface area contributed by atoms with Crippen LogP contribution in [0, 0.1) is 6.92 Å².